The predicted octanol–water partition coefficient (Wildman–Crippen LogP) is 3.42. The Bertz CT molecular complexity index is 651. The summed E-state index contributed by atoms with van der Waals surface area (Å²) in [5, 5.41) is 0. The summed E-state index contributed by atoms with van der Waals surface area (Å²) in [6.07, 6.45) is 4.80. The molecule has 0 aromatic heterocycles. The van der Waals surface area contributed by atoms with E-state index in [1.807, 2.05) is 0 Å². The van der Waals surface area contributed by atoms with Crippen molar-refractivity contribution in [3.63, 3.8) is 0 Å². The normalized spacial score (nSPS) is 25.2. The molecule has 2 aliphatic rings. The molecule has 2 fully saturated rings. The zero-order chi connectivity index (χ0) is 17.0. The largest absolute Gasteiger partial charge is 0.461 e. The molecule has 1 aromatic rings. The van der Waals surface area contributed by atoms with Gasteiger partial charge in [0.1, 0.15) is 0 Å². The molecule has 2 aliphatic heterocycles. The molecule has 0 radical (unpaired) electrons. The van der Waals surface area contributed by atoms with Gasteiger partial charge in [0, 0.05) is 29.6 Å². The van der Waals surface area contributed by atoms with Gasteiger partial charge in [-0.25, -0.2) is 8.42 Å². The number of hydrogen-bond acceptors (Lipinski definition) is 6. The SMILES string of the molecule is O=S(=O)(Cl)c1ccc(OC2CCCCO2)c(OC2CCCCO2)c1. The molecule has 0 N–H and O–H groups in total. The van der Waals surface area contributed by atoms with Gasteiger partial charge in [-0.1, -0.05) is 0 Å². The standard InChI is InChI=1S/C16H21ClO6S/c17-24(18,19)12-7-8-13(22-15-5-1-3-9-20-15)14(11-12)23-16-6-2-4-10-21-16/h7-8,11,15-16H,1-6,9-10H2. The molecule has 3 rings (SSSR count). The molecule has 134 valence electrons. The van der Waals surface area contributed by atoms with Crippen LogP contribution in [0.5, 0.6) is 11.5 Å². The highest BCUT2D eigenvalue weighted by molar-refractivity contribution is 8.13. The van der Waals surface area contributed by atoms with Crippen LogP contribution in [0.25, 0.3) is 0 Å². The Labute approximate surface area is 146 Å². The fraction of sp³-hybridized carbons (Fsp3) is 0.625. The van der Waals surface area contributed by atoms with E-state index in [0.717, 1.165) is 38.5 Å². The van der Waals surface area contributed by atoms with Crippen molar-refractivity contribution in [2.45, 2.75) is 56.0 Å². The number of hydrogen-bond donors (Lipinski definition) is 0. The first-order chi connectivity index (χ1) is 11.5. The van der Waals surface area contributed by atoms with E-state index in [1.165, 1.54) is 12.1 Å². The van der Waals surface area contributed by atoms with Gasteiger partial charge in [0.05, 0.1) is 18.1 Å². The topological polar surface area (TPSA) is 71.1 Å². The molecule has 0 spiro atoms. The molecule has 0 aliphatic carbocycles. The Kier molecular flexibility index (Phi) is 5.86. The van der Waals surface area contributed by atoms with E-state index in [-0.39, 0.29) is 11.2 Å². The zero-order valence-corrected chi connectivity index (χ0v) is 14.9. The third kappa shape index (κ3) is 4.75. The lowest BCUT2D eigenvalue weighted by molar-refractivity contribution is -0.119. The molecular formula is C16H21ClO6S. The summed E-state index contributed by atoms with van der Waals surface area (Å²) in [6, 6.07) is 4.32. The lowest BCUT2D eigenvalue weighted by atomic mass is 10.2. The van der Waals surface area contributed by atoms with E-state index in [0.29, 0.717) is 24.7 Å². The highest BCUT2D eigenvalue weighted by Crippen LogP contribution is 2.35. The lowest BCUT2D eigenvalue weighted by Gasteiger charge is -2.27. The minimum Gasteiger partial charge on any atom is -0.461 e. The van der Waals surface area contributed by atoms with Gasteiger partial charge in [0.15, 0.2) is 24.1 Å². The summed E-state index contributed by atoms with van der Waals surface area (Å²) < 4.78 is 46.0. The van der Waals surface area contributed by atoms with Crippen LogP contribution in [-0.4, -0.2) is 34.2 Å². The van der Waals surface area contributed by atoms with Gasteiger partial charge in [-0.15, -0.1) is 0 Å². The van der Waals surface area contributed by atoms with Crippen molar-refractivity contribution in [1.82, 2.24) is 0 Å². The van der Waals surface area contributed by atoms with Crippen molar-refractivity contribution < 1.29 is 27.4 Å². The monoisotopic (exact) mass is 376 g/mol. The first-order valence-electron chi connectivity index (χ1n) is 8.17. The molecule has 0 bridgehead atoms. The average molecular weight is 377 g/mol. The Morgan fingerprint density at radius 1 is 0.917 bits per heavy atom. The van der Waals surface area contributed by atoms with Crippen LogP contribution < -0.4 is 9.47 Å². The highest BCUT2D eigenvalue weighted by Gasteiger charge is 2.23. The second-order valence-corrected chi connectivity index (χ2v) is 8.44. The van der Waals surface area contributed by atoms with Gasteiger partial charge in [-0.3, -0.25) is 0 Å². The van der Waals surface area contributed by atoms with Crippen LogP contribution in [0.2, 0.25) is 0 Å². The highest BCUT2D eigenvalue weighted by atomic mass is 35.7. The molecule has 0 amide bonds. The second kappa shape index (κ2) is 7.91. The van der Waals surface area contributed by atoms with Gasteiger partial charge >= 0.3 is 0 Å². The quantitative estimate of drug-likeness (QED) is 0.733. The van der Waals surface area contributed by atoms with Gasteiger partial charge in [-0.05, 0) is 37.8 Å². The maximum absolute atomic E-state index is 11.6. The van der Waals surface area contributed by atoms with E-state index < -0.39 is 15.3 Å². The van der Waals surface area contributed by atoms with E-state index in [1.54, 1.807) is 6.07 Å². The van der Waals surface area contributed by atoms with Crippen molar-refractivity contribution in [3.05, 3.63) is 18.2 Å². The minimum absolute atomic E-state index is 0.0353. The van der Waals surface area contributed by atoms with Crippen LogP contribution in [0.4, 0.5) is 0 Å². The van der Waals surface area contributed by atoms with Crippen LogP contribution in [-0.2, 0) is 18.5 Å². The number of rotatable bonds is 5. The summed E-state index contributed by atoms with van der Waals surface area (Å²) >= 11 is 0. The molecule has 0 saturated carbocycles. The second-order valence-electron chi connectivity index (χ2n) is 5.87. The molecule has 2 unspecified atom stereocenters. The Balaban J connectivity index is 1.82. The molecule has 6 nitrogen and oxygen atoms in total. The van der Waals surface area contributed by atoms with Crippen molar-refractivity contribution in [2.75, 3.05) is 13.2 Å². The molecule has 24 heavy (non-hydrogen) atoms. The first kappa shape index (κ1) is 17.8. The number of halogens is 1. The number of ether oxygens (including phenoxy) is 4. The van der Waals surface area contributed by atoms with Crippen LogP contribution in [0, 0.1) is 0 Å². The molecular weight excluding hydrogens is 356 g/mol. The molecule has 2 heterocycles. The van der Waals surface area contributed by atoms with Gasteiger partial charge in [0.2, 0.25) is 0 Å². The van der Waals surface area contributed by atoms with Crippen LogP contribution in [0.1, 0.15) is 38.5 Å². The van der Waals surface area contributed by atoms with E-state index in [4.69, 9.17) is 29.6 Å². The summed E-state index contributed by atoms with van der Waals surface area (Å²) in [7, 11) is 1.59. The van der Waals surface area contributed by atoms with E-state index >= 15 is 0 Å². The Morgan fingerprint density at radius 3 is 2.00 bits per heavy atom. The average Bonchev–Trinajstić information content (AvgIpc) is 2.57. The van der Waals surface area contributed by atoms with E-state index in [2.05, 4.69) is 0 Å². The third-order valence-corrected chi connectivity index (χ3v) is 5.34. The van der Waals surface area contributed by atoms with E-state index in [9.17, 15) is 8.42 Å². The van der Waals surface area contributed by atoms with Crippen molar-refractivity contribution >= 4 is 19.7 Å². The molecule has 2 atom stereocenters. The minimum atomic E-state index is -3.85. The van der Waals surface area contributed by atoms with Crippen LogP contribution >= 0.6 is 10.7 Å². The number of benzene rings is 1. The lowest BCUT2D eigenvalue weighted by Crippen LogP contribution is -2.27. The van der Waals surface area contributed by atoms with Gasteiger partial charge in [0.25, 0.3) is 9.05 Å². The smallest absolute Gasteiger partial charge is 0.261 e. The zero-order valence-electron chi connectivity index (χ0n) is 13.3. The Hall–Kier alpha value is -1.02. The molecule has 1 aromatic carbocycles. The molecule has 2 saturated heterocycles. The van der Waals surface area contributed by atoms with Gasteiger partial charge < -0.3 is 18.9 Å². The fourth-order valence-electron chi connectivity index (χ4n) is 2.72. The summed E-state index contributed by atoms with van der Waals surface area (Å²) in [5.74, 6) is 0.734. The van der Waals surface area contributed by atoms with Gasteiger partial charge in [-0.2, -0.15) is 0 Å². The maximum Gasteiger partial charge on any atom is 0.261 e. The fourth-order valence-corrected chi connectivity index (χ4v) is 3.49. The predicted molar refractivity (Wildman–Crippen MR) is 87.9 cm³/mol. The Morgan fingerprint density at radius 2 is 1.50 bits per heavy atom. The van der Waals surface area contributed by atoms with Crippen molar-refractivity contribution in [1.29, 1.82) is 0 Å². The summed E-state index contributed by atoms with van der Waals surface area (Å²) in [6.45, 7) is 1.28. The maximum atomic E-state index is 11.6. The van der Waals surface area contributed by atoms with Crippen LogP contribution in [0.15, 0.2) is 23.1 Å². The summed E-state index contributed by atoms with van der Waals surface area (Å²) in [5.41, 5.74) is 0. The van der Waals surface area contributed by atoms with Crippen LogP contribution in [0.3, 0.4) is 0 Å². The first-order valence-corrected chi connectivity index (χ1v) is 10.5. The molecule has 8 heteroatoms. The summed E-state index contributed by atoms with van der Waals surface area (Å²) in [4.78, 5) is -0.0353. The van der Waals surface area contributed by atoms with Crippen molar-refractivity contribution in [3.8, 4) is 11.5 Å². The van der Waals surface area contributed by atoms with Crippen molar-refractivity contribution in [2.24, 2.45) is 0 Å². The third-order valence-electron chi connectivity index (χ3n) is 3.99.